The minimum atomic E-state index is 0.816. The number of allylic oxidation sites excluding steroid dienone is 1. The third-order valence-corrected chi connectivity index (χ3v) is 3.27. The van der Waals surface area contributed by atoms with Gasteiger partial charge in [-0.25, -0.2) is 0 Å². The smallest absolute Gasteiger partial charge is 0.0325 e. The molecular formula is C13H26. The van der Waals surface area contributed by atoms with E-state index in [1.54, 1.807) is 0 Å². The second-order valence-electron chi connectivity index (χ2n) is 4.42. The van der Waals surface area contributed by atoms with Crippen molar-refractivity contribution in [1.82, 2.24) is 0 Å². The molecule has 0 heterocycles. The minimum Gasteiger partial charge on any atom is -0.103 e. The van der Waals surface area contributed by atoms with Gasteiger partial charge in [0.2, 0.25) is 0 Å². The first kappa shape index (κ1) is 12.7. The van der Waals surface area contributed by atoms with E-state index in [4.69, 9.17) is 0 Å². The fourth-order valence-electron chi connectivity index (χ4n) is 1.94. The molecule has 0 amide bonds. The standard InChI is InChI=1S/C13H26/c1-6-9-12(5)13(8-3)10-11(4)7-2/h6,11-13H,1,7-10H2,2-5H3. The Kier molecular flexibility index (Phi) is 7.03. The van der Waals surface area contributed by atoms with Crippen molar-refractivity contribution in [2.24, 2.45) is 17.8 Å². The first-order valence-electron chi connectivity index (χ1n) is 5.76. The van der Waals surface area contributed by atoms with E-state index in [0.29, 0.717) is 0 Å². The molecule has 0 aromatic rings. The minimum absolute atomic E-state index is 0.816. The van der Waals surface area contributed by atoms with Gasteiger partial charge < -0.3 is 0 Å². The highest BCUT2D eigenvalue weighted by molar-refractivity contribution is 4.76. The van der Waals surface area contributed by atoms with E-state index in [1.807, 2.05) is 0 Å². The maximum absolute atomic E-state index is 3.82. The molecule has 0 spiro atoms. The molecule has 0 aromatic heterocycles. The van der Waals surface area contributed by atoms with E-state index >= 15 is 0 Å². The van der Waals surface area contributed by atoms with Crippen molar-refractivity contribution in [1.29, 1.82) is 0 Å². The molecule has 0 bridgehead atoms. The van der Waals surface area contributed by atoms with Crippen molar-refractivity contribution >= 4 is 0 Å². The van der Waals surface area contributed by atoms with Gasteiger partial charge in [-0.1, -0.05) is 46.6 Å². The average molecular weight is 182 g/mol. The molecule has 0 aliphatic rings. The molecular weight excluding hydrogens is 156 g/mol. The van der Waals surface area contributed by atoms with Crippen molar-refractivity contribution in [3.63, 3.8) is 0 Å². The molecule has 3 unspecified atom stereocenters. The lowest BCUT2D eigenvalue weighted by atomic mass is 9.82. The van der Waals surface area contributed by atoms with Crippen LogP contribution in [-0.4, -0.2) is 0 Å². The van der Waals surface area contributed by atoms with Gasteiger partial charge in [-0.05, 0) is 30.6 Å². The highest BCUT2D eigenvalue weighted by atomic mass is 14.2. The second-order valence-corrected chi connectivity index (χ2v) is 4.42. The Morgan fingerprint density at radius 1 is 1.15 bits per heavy atom. The second kappa shape index (κ2) is 7.17. The Bertz CT molecular complexity index is 126. The zero-order valence-corrected chi connectivity index (χ0v) is 9.84. The SMILES string of the molecule is C=CCC(C)C(CC)CC(C)CC. The Morgan fingerprint density at radius 2 is 1.77 bits per heavy atom. The number of rotatable bonds is 7. The van der Waals surface area contributed by atoms with Crippen LogP contribution in [0.3, 0.4) is 0 Å². The van der Waals surface area contributed by atoms with Crippen LogP contribution in [0, 0.1) is 17.8 Å². The van der Waals surface area contributed by atoms with Crippen molar-refractivity contribution < 1.29 is 0 Å². The summed E-state index contributed by atoms with van der Waals surface area (Å²) in [5, 5.41) is 0. The fourth-order valence-corrected chi connectivity index (χ4v) is 1.94. The number of hydrogen-bond acceptors (Lipinski definition) is 0. The summed E-state index contributed by atoms with van der Waals surface area (Å²) in [6.07, 6.45) is 7.26. The molecule has 3 atom stereocenters. The topological polar surface area (TPSA) is 0 Å². The summed E-state index contributed by atoms with van der Waals surface area (Å²) >= 11 is 0. The van der Waals surface area contributed by atoms with Gasteiger partial charge in [-0.15, -0.1) is 6.58 Å². The molecule has 0 fully saturated rings. The lowest BCUT2D eigenvalue weighted by Gasteiger charge is -2.24. The summed E-state index contributed by atoms with van der Waals surface area (Å²) in [6.45, 7) is 13.1. The normalized spacial score (nSPS) is 17.8. The Labute approximate surface area is 84.4 Å². The Morgan fingerprint density at radius 3 is 2.15 bits per heavy atom. The molecule has 0 radical (unpaired) electrons. The zero-order chi connectivity index (χ0) is 10.3. The van der Waals surface area contributed by atoms with Crippen LogP contribution in [-0.2, 0) is 0 Å². The molecule has 0 N–H and O–H groups in total. The average Bonchev–Trinajstić information content (AvgIpc) is 2.14. The van der Waals surface area contributed by atoms with Crippen molar-refractivity contribution in [3.05, 3.63) is 12.7 Å². The van der Waals surface area contributed by atoms with E-state index in [2.05, 4.69) is 40.3 Å². The third kappa shape index (κ3) is 5.13. The summed E-state index contributed by atoms with van der Waals surface area (Å²) in [6, 6.07) is 0. The molecule has 13 heavy (non-hydrogen) atoms. The highest BCUT2D eigenvalue weighted by Gasteiger charge is 2.16. The van der Waals surface area contributed by atoms with Gasteiger partial charge in [-0.3, -0.25) is 0 Å². The first-order chi connectivity index (χ1) is 6.15. The van der Waals surface area contributed by atoms with Crippen LogP contribution >= 0.6 is 0 Å². The summed E-state index contributed by atoms with van der Waals surface area (Å²) in [4.78, 5) is 0. The summed E-state index contributed by atoms with van der Waals surface area (Å²) in [5.74, 6) is 2.60. The fraction of sp³-hybridized carbons (Fsp3) is 0.846. The molecule has 0 aliphatic carbocycles. The van der Waals surface area contributed by atoms with E-state index in [0.717, 1.165) is 17.8 Å². The lowest BCUT2D eigenvalue weighted by Crippen LogP contribution is -2.13. The summed E-state index contributed by atoms with van der Waals surface area (Å²) < 4.78 is 0. The van der Waals surface area contributed by atoms with Crippen LogP contribution in [0.5, 0.6) is 0 Å². The van der Waals surface area contributed by atoms with E-state index < -0.39 is 0 Å². The van der Waals surface area contributed by atoms with Gasteiger partial charge in [0, 0.05) is 0 Å². The predicted molar refractivity (Wildman–Crippen MR) is 61.8 cm³/mol. The van der Waals surface area contributed by atoms with E-state index in [1.165, 1.54) is 25.7 Å². The van der Waals surface area contributed by atoms with Gasteiger partial charge in [0.1, 0.15) is 0 Å². The van der Waals surface area contributed by atoms with Crippen LogP contribution in [0.15, 0.2) is 12.7 Å². The predicted octanol–water partition coefficient (Wildman–Crippen LogP) is 4.66. The van der Waals surface area contributed by atoms with Crippen molar-refractivity contribution in [2.75, 3.05) is 0 Å². The molecule has 0 aromatic carbocycles. The van der Waals surface area contributed by atoms with Gasteiger partial charge in [0.25, 0.3) is 0 Å². The van der Waals surface area contributed by atoms with Gasteiger partial charge in [0.05, 0.1) is 0 Å². The monoisotopic (exact) mass is 182 g/mol. The molecule has 0 aliphatic heterocycles. The van der Waals surface area contributed by atoms with Crippen molar-refractivity contribution in [3.8, 4) is 0 Å². The summed E-state index contributed by atoms with van der Waals surface area (Å²) in [7, 11) is 0. The Hall–Kier alpha value is -0.260. The quantitative estimate of drug-likeness (QED) is 0.502. The van der Waals surface area contributed by atoms with Gasteiger partial charge >= 0.3 is 0 Å². The van der Waals surface area contributed by atoms with E-state index in [-0.39, 0.29) is 0 Å². The van der Waals surface area contributed by atoms with Crippen molar-refractivity contribution in [2.45, 2.75) is 53.4 Å². The Balaban J connectivity index is 3.92. The van der Waals surface area contributed by atoms with E-state index in [9.17, 15) is 0 Å². The molecule has 0 rings (SSSR count). The number of hydrogen-bond donors (Lipinski definition) is 0. The van der Waals surface area contributed by atoms with Crippen LogP contribution in [0.25, 0.3) is 0 Å². The van der Waals surface area contributed by atoms with Crippen LogP contribution in [0.4, 0.5) is 0 Å². The largest absolute Gasteiger partial charge is 0.103 e. The third-order valence-electron chi connectivity index (χ3n) is 3.27. The van der Waals surface area contributed by atoms with Crippen LogP contribution < -0.4 is 0 Å². The molecule has 78 valence electrons. The maximum atomic E-state index is 3.82. The summed E-state index contributed by atoms with van der Waals surface area (Å²) in [5.41, 5.74) is 0. The lowest BCUT2D eigenvalue weighted by molar-refractivity contribution is 0.280. The zero-order valence-electron chi connectivity index (χ0n) is 9.84. The molecule has 0 saturated heterocycles. The first-order valence-corrected chi connectivity index (χ1v) is 5.76. The van der Waals surface area contributed by atoms with Gasteiger partial charge in [-0.2, -0.15) is 0 Å². The van der Waals surface area contributed by atoms with Gasteiger partial charge in [0.15, 0.2) is 0 Å². The molecule has 0 saturated carbocycles. The van der Waals surface area contributed by atoms with Crippen LogP contribution in [0.1, 0.15) is 53.4 Å². The molecule has 0 heteroatoms. The highest BCUT2D eigenvalue weighted by Crippen LogP contribution is 2.27. The maximum Gasteiger partial charge on any atom is -0.0325 e. The van der Waals surface area contributed by atoms with Crippen LogP contribution in [0.2, 0.25) is 0 Å². The molecule has 0 nitrogen and oxygen atoms in total.